The second kappa shape index (κ2) is 10.3. The molecule has 3 aromatic rings. The van der Waals surface area contributed by atoms with Crippen molar-refractivity contribution in [2.24, 2.45) is 0 Å². The van der Waals surface area contributed by atoms with Gasteiger partial charge in [0, 0.05) is 23.6 Å². The smallest absolute Gasteiger partial charge is 0.293 e. The lowest BCUT2D eigenvalue weighted by molar-refractivity contribution is 0.0728. The van der Waals surface area contributed by atoms with E-state index in [9.17, 15) is 9.59 Å². The average Bonchev–Trinajstić information content (AvgIpc) is 2.79. The first-order valence-electron chi connectivity index (χ1n) is 10.4. The molecule has 9 heteroatoms. The van der Waals surface area contributed by atoms with Gasteiger partial charge in [0.25, 0.3) is 11.5 Å². The SMILES string of the molecule is COn1c(N[C@@H](C)c2ccc(C)cc2)nc2c(c1=O)CN(C(=O)c1ccc(Cl)cc1)CC2.Cl. The van der Waals surface area contributed by atoms with Crippen LogP contribution in [0.1, 0.15) is 45.7 Å². The van der Waals surface area contributed by atoms with Crippen LogP contribution in [0.5, 0.6) is 0 Å². The third kappa shape index (κ3) is 5.15. The molecule has 174 valence electrons. The van der Waals surface area contributed by atoms with Crippen molar-refractivity contribution in [1.82, 2.24) is 14.6 Å². The molecule has 1 aliphatic heterocycles. The normalized spacial score (nSPS) is 13.5. The number of rotatable bonds is 5. The van der Waals surface area contributed by atoms with E-state index in [1.54, 1.807) is 29.2 Å². The number of nitrogens with one attached hydrogen (secondary N) is 1. The van der Waals surface area contributed by atoms with Crippen molar-refractivity contribution in [1.29, 1.82) is 0 Å². The van der Waals surface area contributed by atoms with E-state index in [-0.39, 0.29) is 36.5 Å². The van der Waals surface area contributed by atoms with Crippen molar-refractivity contribution in [3.63, 3.8) is 0 Å². The summed E-state index contributed by atoms with van der Waals surface area (Å²) >= 11 is 5.92. The Hall–Kier alpha value is -3.03. The van der Waals surface area contributed by atoms with Gasteiger partial charge in [-0.05, 0) is 43.7 Å². The molecule has 0 saturated heterocycles. The third-order valence-corrected chi connectivity index (χ3v) is 5.93. The summed E-state index contributed by atoms with van der Waals surface area (Å²) in [6, 6.07) is 14.8. The molecule has 0 radical (unpaired) electrons. The van der Waals surface area contributed by atoms with Crippen LogP contribution in [-0.2, 0) is 13.0 Å². The van der Waals surface area contributed by atoms with Crippen molar-refractivity contribution in [3.05, 3.63) is 91.9 Å². The first kappa shape index (κ1) is 24.6. The minimum Gasteiger partial charge on any atom is -0.411 e. The maximum Gasteiger partial charge on any atom is 0.293 e. The van der Waals surface area contributed by atoms with Crippen molar-refractivity contribution >= 4 is 35.9 Å². The average molecular weight is 489 g/mol. The summed E-state index contributed by atoms with van der Waals surface area (Å²) in [5.41, 5.74) is 3.62. The van der Waals surface area contributed by atoms with Crippen LogP contribution in [0.4, 0.5) is 5.95 Å². The highest BCUT2D eigenvalue weighted by Crippen LogP contribution is 2.22. The van der Waals surface area contributed by atoms with E-state index in [1.165, 1.54) is 12.7 Å². The molecule has 1 amide bonds. The van der Waals surface area contributed by atoms with E-state index in [1.807, 2.05) is 38.1 Å². The van der Waals surface area contributed by atoms with Gasteiger partial charge in [-0.1, -0.05) is 41.4 Å². The molecule has 1 aromatic heterocycles. The lowest BCUT2D eigenvalue weighted by atomic mass is 10.1. The van der Waals surface area contributed by atoms with E-state index < -0.39 is 0 Å². The fourth-order valence-electron chi connectivity index (χ4n) is 3.80. The number of hydrogen-bond donors (Lipinski definition) is 1. The van der Waals surface area contributed by atoms with Gasteiger partial charge < -0.3 is 15.1 Å². The first-order valence-corrected chi connectivity index (χ1v) is 10.8. The summed E-state index contributed by atoms with van der Waals surface area (Å²) in [5.74, 6) is 0.202. The number of amides is 1. The zero-order valence-electron chi connectivity index (χ0n) is 18.7. The summed E-state index contributed by atoms with van der Waals surface area (Å²) < 4.78 is 1.15. The van der Waals surface area contributed by atoms with E-state index >= 15 is 0 Å². The maximum absolute atomic E-state index is 13.2. The highest BCUT2D eigenvalue weighted by atomic mass is 35.5. The van der Waals surface area contributed by atoms with Gasteiger partial charge in [0.15, 0.2) is 0 Å². The molecule has 1 N–H and O–H groups in total. The van der Waals surface area contributed by atoms with Gasteiger partial charge in [-0.25, -0.2) is 4.98 Å². The van der Waals surface area contributed by atoms with Crippen molar-refractivity contribution < 1.29 is 9.63 Å². The predicted molar refractivity (Wildman–Crippen MR) is 131 cm³/mol. The Bertz CT molecular complexity index is 1190. The molecule has 2 aromatic carbocycles. The second-order valence-corrected chi connectivity index (χ2v) is 8.34. The van der Waals surface area contributed by atoms with Gasteiger partial charge >= 0.3 is 0 Å². The Morgan fingerprint density at radius 3 is 2.45 bits per heavy atom. The fraction of sp³-hybridized carbons (Fsp3) is 0.292. The summed E-state index contributed by atoms with van der Waals surface area (Å²) in [7, 11) is 1.43. The lowest BCUT2D eigenvalue weighted by Gasteiger charge is -2.29. The van der Waals surface area contributed by atoms with Crippen LogP contribution in [0.3, 0.4) is 0 Å². The number of aromatic nitrogens is 2. The molecule has 0 fully saturated rings. The van der Waals surface area contributed by atoms with Crippen molar-refractivity contribution in [3.8, 4) is 0 Å². The van der Waals surface area contributed by atoms with E-state index in [0.29, 0.717) is 40.8 Å². The van der Waals surface area contributed by atoms with Crippen LogP contribution < -0.4 is 15.7 Å². The standard InChI is InChI=1S/C24H25ClN4O3.ClH/c1-15-4-6-17(7-5-15)16(2)26-24-27-21-12-13-28(14-20(21)23(31)29(24)32-3)22(30)18-8-10-19(25)11-9-18;/h4-11,16H,12-14H2,1-3H3,(H,26,27);1H/t16-;/m0./s1. The molecule has 1 atom stereocenters. The molecule has 0 spiro atoms. The van der Waals surface area contributed by atoms with Crippen LogP contribution in [0.15, 0.2) is 53.3 Å². The van der Waals surface area contributed by atoms with Crippen LogP contribution in [0.25, 0.3) is 0 Å². The number of hydrogen-bond acceptors (Lipinski definition) is 5. The van der Waals surface area contributed by atoms with Crippen LogP contribution in [0, 0.1) is 6.92 Å². The van der Waals surface area contributed by atoms with Gasteiger partial charge in [-0.15, -0.1) is 17.1 Å². The molecule has 7 nitrogen and oxygen atoms in total. The number of halogens is 2. The molecule has 4 rings (SSSR count). The highest BCUT2D eigenvalue weighted by Gasteiger charge is 2.27. The lowest BCUT2D eigenvalue weighted by Crippen LogP contribution is -2.42. The number of anilines is 1. The molecular weight excluding hydrogens is 463 g/mol. The Morgan fingerprint density at radius 2 is 1.82 bits per heavy atom. The number of carbonyl (C=O) groups excluding carboxylic acids is 1. The Morgan fingerprint density at radius 1 is 1.15 bits per heavy atom. The van der Waals surface area contributed by atoms with Gasteiger partial charge in [0.2, 0.25) is 5.95 Å². The third-order valence-electron chi connectivity index (χ3n) is 5.68. The number of benzene rings is 2. The number of nitrogens with zero attached hydrogens (tertiary/aromatic N) is 3. The molecule has 1 aliphatic rings. The molecular formula is C24H26Cl2N4O3. The number of fused-ring (bicyclic) bond motifs is 1. The topological polar surface area (TPSA) is 76.5 Å². The van der Waals surface area contributed by atoms with Crippen LogP contribution in [-0.4, -0.2) is 34.2 Å². The van der Waals surface area contributed by atoms with Gasteiger partial charge in [-0.2, -0.15) is 0 Å². The number of aryl methyl sites for hydroxylation is 1. The first-order chi connectivity index (χ1) is 15.4. The molecule has 0 aliphatic carbocycles. The predicted octanol–water partition coefficient (Wildman–Crippen LogP) is 4.06. The van der Waals surface area contributed by atoms with E-state index in [2.05, 4.69) is 10.3 Å². The Kier molecular flexibility index (Phi) is 7.66. The summed E-state index contributed by atoms with van der Waals surface area (Å²) in [5, 5.41) is 3.85. The summed E-state index contributed by atoms with van der Waals surface area (Å²) in [6.45, 7) is 4.70. The largest absolute Gasteiger partial charge is 0.411 e. The monoisotopic (exact) mass is 488 g/mol. The molecule has 0 saturated carbocycles. The quantitative estimate of drug-likeness (QED) is 0.585. The van der Waals surface area contributed by atoms with Crippen LogP contribution >= 0.6 is 24.0 Å². The van der Waals surface area contributed by atoms with Crippen molar-refractivity contribution in [2.45, 2.75) is 32.9 Å². The number of carbonyl (C=O) groups is 1. The maximum atomic E-state index is 13.2. The summed E-state index contributed by atoms with van der Waals surface area (Å²) in [4.78, 5) is 37.7. The van der Waals surface area contributed by atoms with Crippen LogP contribution in [0.2, 0.25) is 5.02 Å². The van der Waals surface area contributed by atoms with Gasteiger partial charge in [0.05, 0.1) is 23.8 Å². The molecule has 33 heavy (non-hydrogen) atoms. The fourth-order valence-corrected chi connectivity index (χ4v) is 3.93. The van der Waals surface area contributed by atoms with E-state index in [4.69, 9.17) is 16.4 Å². The van der Waals surface area contributed by atoms with Gasteiger partial charge in [0.1, 0.15) is 7.11 Å². The Balaban J connectivity index is 0.00000306. The summed E-state index contributed by atoms with van der Waals surface area (Å²) in [6.07, 6.45) is 0.488. The minimum absolute atomic E-state index is 0. The zero-order valence-corrected chi connectivity index (χ0v) is 20.2. The molecule has 0 unspecified atom stereocenters. The molecule has 0 bridgehead atoms. The van der Waals surface area contributed by atoms with E-state index in [0.717, 1.165) is 10.3 Å². The molecule has 2 heterocycles. The minimum atomic E-state index is -0.315. The Labute approximate surface area is 203 Å². The van der Waals surface area contributed by atoms with Gasteiger partial charge in [-0.3, -0.25) is 9.59 Å². The second-order valence-electron chi connectivity index (χ2n) is 7.90. The van der Waals surface area contributed by atoms with Crippen molar-refractivity contribution in [2.75, 3.05) is 19.0 Å². The highest BCUT2D eigenvalue weighted by molar-refractivity contribution is 6.30. The zero-order chi connectivity index (χ0) is 22.8.